The van der Waals surface area contributed by atoms with E-state index >= 15 is 0 Å². The van der Waals surface area contributed by atoms with Gasteiger partial charge in [0.05, 0.1) is 12.7 Å². The zero-order chi connectivity index (χ0) is 13.8. The highest BCUT2D eigenvalue weighted by Gasteiger charge is 2.22. The predicted molar refractivity (Wildman–Crippen MR) is 73.4 cm³/mol. The van der Waals surface area contributed by atoms with Crippen LogP contribution in [-0.2, 0) is 0 Å². The standard InChI is InChI=1S/C14H21N3O/c1-14(2,10-18)16-13(9-15)11-5-7-12(8-6-11)17(3)4/h5-8,13,16,18H,10H2,1-4H3. The average molecular weight is 247 g/mol. The van der Waals surface area contributed by atoms with E-state index in [-0.39, 0.29) is 6.61 Å². The fraction of sp³-hybridized carbons (Fsp3) is 0.500. The minimum atomic E-state index is -0.472. The van der Waals surface area contributed by atoms with Gasteiger partial charge in [0.2, 0.25) is 0 Å². The minimum absolute atomic E-state index is 0.0129. The van der Waals surface area contributed by atoms with E-state index in [4.69, 9.17) is 0 Å². The first-order chi connectivity index (χ1) is 8.39. The second kappa shape index (κ2) is 5.85. The number of nitrogens with one attached hydrogen (secondary N) is 1. The summed E-state index contributed by atoms with van der Waals surface area (Å²) in [4.78, 5) is 2.01. The number of aliphatic hydroxyl groups is 1. The van der Waals surface area contributed by atoms with Crippen molar-refractivity contribution in [1.82, 2.24) is 5.32 Å². The Bertz CT molecular complexity index is 418. The number of rotatable bonds is 5. The monoisotopic (exact) mass is 247 g/mol. The van der Waals surface area contributed by atoms with Gasteiger partial charge in [-0.3, -0.25) is 5.32 Å². The Labute approximate surface area is 109 Å². The molecule has 1 aromatic carbocycles. The Kier molecular flexibility index (Phi) is 4.71. The molecule has 0 heterocycles. The minimum Gasteiger partial charge on any atom is -0.394 e. The van der Waals surface area contributed by atoms with Crippen LogP contribution in [0.1, 0.15) is 25.5 Å². The van der Waals surface area contributed by atoms with Crippen molar-refractivity contribution < 1.29 is 5.11 Å². The summed E-state index contributed by atoms with van der Waals surface area (Å²) in [6.07, 6.45) is 0. The van der Waals surface area contributed by atoms with Crippen molar-refractivity contribution in [3.05, 3.63) is 29.8 Å². The van der Waals surface area contributed by atoms with Gasteiger partial charge in [0, 0.05) is 25.3 Å². The zero-order valence-electron chi connectivity index (χ0n) is 11.4. The van der Waals surface area contributed by atoms with Gasteiger partial charge in [0.25, 0.3) is 0 Å². The molecule has 0 amide bonds. The molecule has 0 saturated heterocycles. The van der Waals surface area contributed by atoms with Gasteiger partial charge in [-0.25, -0.2) is 0 Å². The first-order valence-electron chi connectivity index (χ1n) is 5.95. The van der Waals surface area contributed by atoms with Gasteiger partial charge in [0.1, 0.15) is 6.04 Å². The lowest BCUT2D eigenvalue weighted by atomic mass is 10.0. The van der Waals surface area contributed by atoms with E-state index in [9.17, 15) is 10.4 Å². The van der Waals surface area contributed by atoms with Gasteiger partial charge in [-0.05, 0) is 31.5 Å². The number of hydrogen-bond donors (Lipinski definition) is 2. The maximum Gasteiger partial charge on any atom is 0.121 e. The van der Waals surface area contributed by atoms with Crippen LogP contribution in [0.3, 0.4) is 0 Å². The highest BCUT2D eigenvalue weighted by Crippen LogP contribution is 2.19. The summed E-state index contributed by atoms with van der Waals surface area (Å²) in [7, 11) is 3.95. The van der Waals surface area contributed by atoms with E-state index in [1.165, 1.54) is 0 Å². The third-order valence-corrected chi connectivity index (χ3v) is 2.80. The number of nitrogens with zero attached hydrogens (tertiary/aromatic N) is 2. The summed E-state index contributed by atoms with van der Waals surface area (Å²) in [5.41, 5.74) is 1.53. The molecule has 18 heavy (non-hydrogen) atoms. The quantitative estimate of drug-likeness (QED) is 0.831. The lowest BCUT2D eigenvalue weighted by Crippen LogP contribution is -2.44. The molecule has 0 aliphatic heterocycles. The Hall–Kier alpha value is -1.57. The summed E-state index contributed by atoms with van der Waals surface area (Å²) in [5.74, 6) is 0. The maximum atomic E-state index is 9.22. The highest BCUT2D eigenvalue weighted by molar-refractivity contribution is 5.47. The van der Waals surface area contributed by atoms with E-state index in [1.807, 2.05) is 57.1 Å². The van der Waals surface area contributed by atoms with Crippen LogP contribution in [0, 0.1) is 11.3 Å². The maximum absolute atomic E-state index is 9.22. The van der Waals surface area contributed by atoms with E-state index < -0.39 is 11.6 Å². The Morgan fingerprint density at radius 2 is 1.89 bits per heavy atom. The zero-order valence-corrected chi connectivity index (χ0v) is 11.4. The second-order valence-corrected chi connectivity index (χ2v) is 5.23. The summed E-state index contributed by atoms with van der Waals surface area (Å²) < 4.78 is 0. The summed E-state index contributed by atoms with van der Waals surface area (Å²) >= 11 is 0. The molecule has 1 aromatic rings. The van der Waals surface area contributed by atoms with Crippen LogP contribution in [0.4, 0.5) is 5.69 Å². The number of aliphatic hydroxyl groups excluding tert-OH is 1. The largest absolute Gasteiger partial charge is 0.394 e. The average Bonchev–Trinajstić information content (AvgIpc) is 2.36. The lowest BCUT2D eigenvalue weighted by Gasteiger charge is -2.27. The topological polar surface area (TPSA) is 59.3 Å². The molecule has 4 heteroatoms. The Morgan fingerprint density at radius 1 is 1.33 bits per heavy atom. The molecule has 0 spiro atoms. The van der Waals surface area contributed by atoms with Crippen LogP contribution in [0.5, 0.6) is 0 Å². The lowest BCUT2D eigenvalue weighted by molar-refractivity contribution is 0.182. The fourth-order valence-electron chi connectivity index (χ4n) is 1.59. The molecule has 0 aliphatic rings. The van der Waals surface area contributed by atoms with Crippen LogP contribution >= 0.6 is 0 Å². The van der Waals surface area contributed by atoms with Gasteiger partial charge in [0.15, 0.2) is 0 Å². The van der Waals surface area contributed by atoms with Crippen molar-refractivity contribution in [3.63, 3.8) is 0 Å². The molecule has 1 unspecified atom stereocenters. The first kappa shape index (κ1) is 14.5. The summed E-state index contributed by atoms with van der Waals surface area (Å²) in [5, 5.41) is 21.6. The normalized spacial score (nSPS) is 12.9. The van der Waals surface area contributed by atoms with Gasteiger partial charge in [-0.15, -0.1) is 0 Å². The molecular weight excluding hydrogens is 226 g/mol. The van der Waals surface area contributed by atoms with E-state index in [2.05, 4.69) is 11.4 Å². The van der Waals surface area contributed by atoms with Crippen molar-refractivity contribution in [2.24, 2.45) is 0 Å². The number of benzene rings is 1. The van der Waals surface area contributed by atoms with Gasteiger partial charge in [-0.1, -0.05) is 12.1 Å². The van der Waals surface area contributed by atoms with Crippen molar-refractivity contribution in [2.75, 3.05) is 25.6 Å². The molecule has 1 rings (SSSR count). The van der Waals surface area contributed by atoms with Crippen LogP contribution < -0.4 is 10.2 Å². The number of anilines is 1. The molecule has 0 fully saturated rings. The molecule has 0 saturated carbocycles. The molecule has 2 N–H and O–H groups in total. The molecule has 0 aliphatic carbocycles. The van der Waals surface area contributed by atoms with Crippen LogP contribution in [-0.4, -0.2) is 31.3 Å². The van der Waals surface area contributed by atoms with Gasteiger partial charge >= 0.3 is 0 Å². The molecular formula is C14H21N3O. The van der Waals surface area contributed by atoms with Gasteiger partial charge in [-0.2, -0.15) is 5.26 Å². The molecule has 4 nitrogen and oxygen atoms in total. The molecule has 0 aromatic heterocycles. The Balaban J connectivity index is 2.87. The van der Waals surface area contributed by atoms with Crippen molar-refractivity contribution in [2.45, 2.75) is 25.4 Å². The molecule has 1 atom stereocenters. The highest BCUT2D eigenvalue weighted by atomic mass is 16.3. The van der Waals surface area contributed by atoms with Gasteiger partial charge < -0.3 is 10.0 Å². The SMILES string of the molecule is CN(C)c1ccc(C(C#N)NC(C)(C)CO)cc1. The van der Waals surface area contributed by atoms with Crippen LogP contribution in [0.15, 0.2) is 24.3 Å². The molecule has 0 radical (unpaired) electrons. The van der Waals surface area contributed by atoms with E-state index in [1.54, 1.807) is 0 Å². The van der Waals surface area contributed by atoms with E-state index in [0.29, 0.717) is 0 Å². The summed E-state index contributed by atoms with van der Waals surface area (Å²) in [6, 6.07) is 9.64. The predicted octanol–water partition coefficient (Wildman–Crippen LogP) is 1.68. The van der Waals surface area contributed by atoms with Crippen LogP contribution in [0.2, 0.25) is 0 Å². The number of hydrogen-bond acceptors (Lipinski definition) is 4. The fourth-order valence-corrected chi connectivity index (χ4v) is 1.59. The first-order valence-corrected chi connectivity index (χ1v) is 5.95. The van der Waals surface area contributed by atoms with E-state index in [0.717, 1.165) is 11.3 Å². The second-order valence-electron chi connectivity index (χ2n) is 5.23. The smallest absolute Gasteiger partial charge is 0.121 e. The third kappa shape index (κ3) is 3.73. The molecule has 0 bridgehead atoms. The van der Waals surface area contributed by atoms with Crippen LogP contribution in [0.25, 0.3) is 0 Å². The van der Waals surface area contributed by atoms with Crippen molar-refractivity contribution in [3.8, 4) is 6.07 Å². The third-order valence-electron chi connectivity index (χ3n) is 2.80. The van der Waals surface area contributed by atoms with Crippen molar-refractivity contribution in [1.29, 1.82) is 5.26 Å². The Morgan fingerprint density at radius 3 is 2.28 bits per heavy atom. The summed E-state index contributed by atoms with van der Waals surface area (Å²) in [6.45, 7) is 3.72. The number of nitriles is 1. The molecule has 98 valence electrons. The van der Waals surface area contributed by atoms with Crippen molar-refractivity contribution >= 4 is 5.69 Å².